The highest BCUT2D eigenvalue weighted by molar-refractivity contribution is 7.65. The van der Waals surface area contributed by atoms with Crippen LogP contribution in [0.3, 0.4) is 0 Å². The summed E-state index contributed by atoms with van der Waals surface area (Å²) in [4.78, 5) is 2.46. The van der Waals surface area contributed by atoms with E-state index in [2.05, 4.69) is 30.2 Å². The zero-order valence-corrected chi connectivity index (χ0v) is 19.6. The van der Waals surface area contributed by atoms with E-state index in [-0.39, 0.29) is 11.5 Å². The highest BCUT2D eigenvalue weighted by Gasteiger charge is 2.51. The molecule has 1 aliphatic carbocycles. The molecule has 7 heteroatoms. The molecular weight excluding hydrogens is 409 g/mol. The molecule has 4 aliphatic rings. The number of piperidine rings is 1. The van der Waals surface area contributed by atoms with Crippen molar-refractivity contribution in [1.29, 1.82) is 0 Å². The number of hydrogen-bond acceptors (Lipinski definition) is 5. The third kappa shape index (κ3) is 4.06. The molecule has 3 saturated heterocycles. The minimum Gasteiger partial charge on any atom is -0.376 e. The maximum Gasteiger partial charge on any atom is 0.348 e. The average Bonchev–Trinajstić information content (AvgIpc) is 3.39. The minimum absolute atomic E-state index is 0.00922. The van der Waals surface area contributed by atoms with E-state index in [1.54, 1.807) is 4.78 Å². The molecule has 0 unspecified atom stereocenters. The lowest BCUT2D eigenvalue weighted by Gasteiger charge is -2.38. The summed E-state index contributed by atoms with van der Waals surface area (Å²) in [5.74, 6) is 0. The van der Waals surface area contributed by atoms with E-state index >= 15 is 0 Å². The Labute approximate surface area is 185 Å². The third-order valence-electron chi connectivity index (χ3n) is 6.66. The van der Waals surface area contributed by atoms with Crippen LogP contribution in [0.25, 0.3) is 0 Å². The van der Waals surface area contributed by atoms with Crippen molar-refractivity contribution in [2.45, 2.75) is 58.5 Å². The Kier molecular flexibility index (Phi) is 5.66. The molecule has 3 aliphatic heterocycles. The number of para-hydroxylation sites is 1. The van der Waals surface area contributed by atoms with E-state index in [0.717, 1.165) is 55.7 Å². The van der Waals surface area contributed by atoms with Crippen molar-refractivity contribution in [3.8, 4) is 0 Å². The summed E-state index contributed by atoms with van der Waals surface area (Å²) in [5, 5.41) is 0.871. The van der Waals surface area contributed by atoms with Gasteiger partial charge >= 0.3 is 7.52 Å². The van der Waals surface area contributed by atoms with Crippen LogP contribution < -0.4 is 10.2 Å². The summed E-state index contributed by atoms with van der Waals surface area (Å²) in [6.07, 6.45) is 8.79. The number of nitrogens with one attached hydrogen (secondary N) is 1. The normalized spacial score (nSPS) is 30.3. The van der Waals surface area contributed by atoms with Crippen molar-refractivity contribution in [3.05, 3.63) is 53.1 Å². The van der Waals surface area contributed by atoms with Gasteiger partial charge in [0.05, 0.1) is 24.1 Å². The number of rotatable bonds is 5. The third-order valence-corrected chi connectivity index (χ3v) is 9.08. The fourth-order valence-corrected chi connectivity index (χ4v) is 7.61. The van der Waals surface area contributed by atoms with Crippen LogP contribution >= 0.6 is 7.52 Å². The number of allylic oxidation sites excluding steroid dienone is 3. The van der Waals surface area contributed by atoms with Gasteiger partial charge in [0.25, 0.3) is 0 Å². The lowest BCUT2D eigenvalue weighted by atomic mass is 9.82. The van der Waals surface area contributed by atoms with Crippen molar-refractivity contribution in [2.75, 3.05) is 31.1 Å². The van der Waals surface area contributed by atoms with Crippen LogP contribution in [0.2, 0.25) is 0 Å². The molecule has 0 radical (unpaired) electrons. The van der Waals surface area contributed by atoms with E-state index in [0.29, 0.717) is 6.61 Å². The van der Waals surface area contributed by atoms with E-state index in [1.165, 1.54) is 25.0 Å². The Hall–Kier alpha value is -1.75. The fraction of sp³-hybridized carbons (Fsp3) is 0.583. The first-order chi connectivity index (χ1) is 15.0. The molecule has 0 amide bonds. The minimum atomic E-state index is -3.35. The van der Waals surface area contributed by atoms with Crippen LogP contribution in [-0.4, -0.2) is 37.3 Å². The quantitative estimate of drug-likeness (QED) is 0.614. The summed E-state index contributed by atoms with van der Waals surface area (Å²) in [7, 11) is -3.35. The Balaban J connectivity index is 1.59. The second kappa shape index (κ2) is 8.31. The molecule has 31 heavy (non-hydrogen) atoms. The van der Waals surface area contributed by atoms with E-state index in [9.17, 15) is 4.57 Å². The zero-order valence-electron chi connectivity index (χ0n) is 18.7. The number of hydrogen-bond donors (Lipinski definition) is 1. The Bertz CT molecular complexity index is 915. The molecule has 0 bridgehead atoms. The molecule has 6 nitrogen and oxygen atoms in total. The first kappa shape index (κ1) is 21.1. The Morgan fingerprint density at radius 1 is 1.16 bits per heavy atom. The van der Waals surface area contributed by atoms with Crippen molar-refractivity contribution < 1.29 is 13.8 Å². The van der Waals surface area contributed by atoms with E-state index in [4.69, 9.17) is 9.26 Å². The van der Waals surface area contributed by atoms with Crippen LogP contribution in [0.4, 0.5) is 5.69 Å². The second-order valence-electron chi connectivity index (χ2n) is 9.78. The highest BCUT2D eigenvalue weighted by Crippen LogP contribution is 2.68. The molecule has 3 heterocycles. The predicted octanol–water partition coefficient (Wildman–Crippen LogP) is 5.41. The summed E-state index contributed by atoms with van der Waals surface area (Å²) in [5.41, 5.74) is 6.47. The van der Waals surface area contributed by atoms with Gasteiger partial charge in [0.15, 0.2) is 0 Å². The van der Waals surface area contributed by atoms with Gasteiger partial charge in [-0.15, -0.1) is 0 Å². The summed E-state index contributed by atoms with van der Waals surface area (Å²) in [6, 6.07) is 9.90. The van der Waals surface area contributed by atoms with Crippen LogP contribution in [0.5, 0.6) is 0 Å². The number of ether oxygens (including phenoxy) is 1. The van der Waals surface area contributed by atoms with Crippen molar-refractivity contribution >= 4 is 13.2 Å². The first-order valence-corrected chi connectivity index (χ1v) is 13.2. The largest absolute Gasteiger partial charge is 0.376 e. The average molecular weight is 444 g/mol. The highest BCUT2D eigenvalue weighted by atomic mass is 31.2. The number of benzene rings is 1. The predicted molar refractivity (Wildman–Crippen MR) is 124 cm³/mol. The van der Waals surface area contributed by atoms with Gasteiger partial charge in [-0.3, -0.25) is 9.99 Å². The first-order valence-electron chi connectivity index (χ1n) is 11.7. The van der Waals surface area contributed by atoms with Crippen LogP contribution in [0.1, 0.15) is 52.4 Å². The van der Waals surface area contributed by atoms with Crippen LogP contribution in [0, 0.1) is 5.41 Å². The lowest BCUT2D eigenvalue weighted by molar-refractivity contribution is 0.0692. The SMILES string of the molecule is CC1(C)C=C2NN(c3ccccc3)[P@](=O)(OC[C@H]3CCCO3)C2=C(N2CCCCC2)C1. The Morgan fingerprint density at radius 3 is 2.65 bits per heavy atom. The second-order valence-corrected chi connectivity index (χ2v) is 11.9. The maximum atomic E-state index is 14.8. The van der Waals surface area contributed by atoms with Gasteiger partial charge in [0.2, 0.25) is 0 Å². The molecule has 0 aromatic heterocycles. The summed E-state index contributed by atoms with van der Waals surface area (Å²) in [6.45, 7) is 7.69. The van der Waals surface area contributed by atoms with Crippen molar-refractivity contribution in [1.82, 2.24) is 10.3 Å². The molecule has 1 aromatic carbocycles. The molecular formula is C24H34N3O3P. The van der Waals surface area contributed by atoms with Gasteiger partial charge in [0, 0.05) is 25.4 Å². The summed E-state index contributed by atoms with van der Waals surface area (Å²) < 4.78 is 28.7. The molecule has 168 valence electrons. The van der Waals surface area contributed by atoms with Gasteiger partial charge in [-0.2, -0.15) is 0 Å². The van der Waals surface area contributed by atoms with Gasteiger partial charge < -0.3 is 14.2 Å². The number of anilines is 1. The molecule has 0 saturated carbocycles. The molecule has 0 spiro atoms. The molecule has 5 rings (SSSR count). The van der Waals surface area contributed by atoms with Crippen molar-refractivity contribution in [2.24, 2.45) is 5.41 Å². The number of likely N-dealkylation sites (tertiary alicyclic amines) is 1. The lowest BCUT2D eigenvalue weighted by Crippen LogP contribution is -2.34. The van der Waals surface area contributed by atoms with Gasteiger partial charge in [-0.25, -0.2) is 4.78 Å². The monoisotopic (exact) mass is 443 g/mol. The number of hydrazine groups is 1. The summed E-state index contributed by atoms with van der Waals surface area (Å²) >= 11 is 0. The van der Waals surface area contributed by atoms with E-state index in [1.807, 2.05) is 30.3 Å². The molecule has 1 aromatic rings. The fourth-order valence-electron chi connectivity index (χ4n) is 5.15. The number of fused-ring (bicyclic) bond motifs is 1. The Morgan fingerprint density at radius 2 is 1.94 bits per heavy atom. The zero-order chi connectivity index (χ0) is 21.5. The van der Waals surface area contributed by atoms with Crippen LogP contribution in [0.15, 0.2) is 53.1 Å². The van der Waals surface area contributed by atoms with Gasteiger partial charge in [0.1, 0.15) is 5.31 Å². The molecule has 3 fully saturated rings. The topological polar surface area (TPSA) is 54.0 Å². The maximum absolute atomic E-state index is 14.8. The van der Waals surface area contributed by atoms with Gasteiger partial charge in [-0.1, -0.05) is 38.1 Å². The molecule has 1 N–H and O–H groups in total. The smallest absolute Gasteiger partial charge is 0.348 e. The van der Waals surface area contributed by atoms with E-state index < -0.39 is 7.52 Å². The van der Waals surface area contributed by atoms with Crippen LogP contribution in [-0.2, 0) is 13.8 Å². The standard InChI is InChI=1S/C24H34N3O3P/c1-24(2)16-21-23(22(17-24)26-13-7-4-8-14-26)31(28,30-18-20-12-9-15-29-20)27(25-21)19-10-5-3-6-11-19/h3,5-6,10-11,16,20,25H,4,7-9,12-15,17-18H2,1-2H3/t20-,31-/m1/s1. The molecule has 2 atom stereocenters. The number of nitrogens with zero attached hydrogens (tertiary/aromatic N) is 2. The van der Waals surface area contributed by atoms with Gasteiger partial charge in [-0.05, 0) is 56.1 Å². The van der Waals surface area contributed by atoms with Crippen molar-refractivity contribution in [3.63, 3.8) is 0 Å².